The Morgan fingerprint density at radius 1 is 1.27 bits per heavy atom. The predicted molar refractivity (Wildman–Crippen MR) is 151 cm³/mol. The second-order valence-corrected chi connectivity index (χ2v) is 13.6. The Labute approximate surface area is 244 Å². The molecule has 2 saturated carbocycles. The molecule has 0 radical (unpaired) electrons. The number of carbonyl (C=O) groups excluding carboxylic acids is 1. The number of amides is 1. The van der Waals surface area contributed by atoms with E-state index in [1.165, 1.54) is 28.2 Å². The van der Waals surface area contributed by atoms with Gasteiger partial charge < -0.3 is 9.80 Å². The number of alkyl halides is 2. The molecule has 40 heavy (non-hydrogen) atoms. The highest BCUT2D eigenvalue weighted by Gasteiger charge is 2.48. The van der Waals surface area contributed by atoms with Crippen LogP contribution in [0.5, 0.6) is 0 Å². The highest BCUT2D eigenvalue weighted by molar-refractivity contribution is 7.97. The van der Waals surface area contributed by atoms with Gasteiger partial charge in [0, 0.05) is 42.2 Å². The third kappa shape index (κ3) is 4.93. The van der Waals surface area contributed by atoms with Crippen molar-refractivity contribution in [1.82, 2.24) is 29.2 Å². The molecule has 3 aliphatic rings. The number of rotatable bonds is 8. The number of nitrogens with zero attached hydrogens (tertiary/aromatic N) is 7. The van der Waals surface area contributed by atoms with E-state index in [4.69, 9.17) is 11.6 Å². The van der Waals surface area contributed by atoms with Crippen molar-refractivity contribution in [2.24, 2.45) is 5.92 Å². The van der Waals surface area contributed by atoms with Crippen molar-refractivity contribution in [3.63, 3.8) is 0 Å². The number of anilines is 1. The molecule has 0 spiro atoms. The van der Waals surface area contributed by atoms with Crippen molar-refractivity contribution in [2.75, 3.05) is 24.5 Å². The first-order valence-electron chi connectivity index (χ1n) is 13.3. The van der Waals surface area contributed by atoms with E-state index in [0.717, 1.165) is 30.6 Å². The van der Waals surface area contributed by atoms with Crippen LogP contribution in [0, 0.1) is 17.2 Å². The van der Waals surface area contributed by atoms with Gasteiger partial charge in [-0.05, 0) is 50.6 Å². The normalized spacial score (nSPS) is 21.3. The number of hydrogen-bond donors (Lipinski definition) is 1. The SMILES string of the molecule is CC(C)C(=O)N1CCN(c2cc(SNC3(C)CC3)cn3c(-c4nnc(C5(C#N)CC5)s4)nc(Cl)c23)CC1C(F)F. The van der Waals surface area contributed by atoms with Gasteiger partial charge in [0.2, 0.25) is 5.91 Å². The third-order valence-electron chi connectivity index (χ3n) is 7.88. The van der Waals surface area contributed by atoms with E-state index in [1.54, 1.807) is 13.8 Å². The molecule has 1 saturated heterocycles. The minimum atomic E-state index is -2.69. The number of nitrogens with one attached hydrogen (secondary N) is 1. The molecule has 1 amide bonds. The number of fused-ring (bicyclic) bond motifs is 1. The van der Waals surface area contributed by atoms with Gasteiger partial charge in [0.05, 0.1) is 11.8 Å². The second kappa shape index (κ2) is 10.1. The third-order valence-corrected chi connectivity index (χ3v) is 10.3. The van der Waals surface area contributed by atoms with Crippen LogP contribution < -0.4 is 9.62 Å². The summed E-state index contributed by atoms with van der Waals surface area (Å²) in [7, 11) is 0. The van der Waals surface area contributed by atoms with Gasteiger partial charge in [0.1, 0.15) is 22.0 Å². The Bertz CT molecular complexity index is 1510. The van der Waals surface area contributed by atoms with Gasteiger partial charge in [-0.3, -0.25) is 13.9 Å². The summed E-state index contributed by atoms with van der Waals surface area (Å²) in [5.41, 5.74) is 0.732. The summed E-state index contributed by atoms with van der Waals surface area (Å²) in [6, 6.07) is 3.06. The number of pyridine rings is 1. The summed E-state index contributed by atoms with van der Waals surface area (Å²) < 4.78 is 33.9. The van der Waals surface area contributed by atoms with Crippen LogP contribution in [0.4, 0.5) is 14.5 Å². The van der Waals surface area contributed by atoms with Gasteiger partial charge in [-0.1, -0.05) is 36.8 Å². The zero-order valence-electron chi connectivity index (χ0n) is 22.3. The molecule has 1 atom stereocenters. The highest BCUT2D eigenvalue weighted by Crippen LogP contribution is 2.49. The smallest absolute Gasteiger partial charge is 0.260 e. The van der Waals surface area contributed by atoms with E-state index in [0.29, 0.717) is 33.6 Å². The van der Waals surface area contributed by atoms with E-state index < -0.39 is 17.9 Å². The monoisotopic (exact) mass is 606 g/mol. The molecule has 9 nitrogen and oxygen atoms in total. The molecule has 1 aliphatic heterocycles. The molecule has 1 unspecified atom stereocenters. The van der Waals surface area contributed by atoms with Crippen LogP contribution in [0.3, 0.4) is 0 Å². The fourth-order valence-corrected chi connectivity index (χ4v) is 7.09. The van der Waals surface area contributed by atoms with Crippen LogP contribution in [0.2, 0.25) is 5.15 Å². The Morgan fingerprint density at radius 3 is 2.65 bits per heavy atom. The largest absolute Gasteiger partial charge is 0.366 e. The van der Waals surface area contributed by atoms with Crippen LogP contribution in [0.1, 0.15) is 51.5 Å². The lowest BCUT2D eigenvalue weighted by Gasteiger charge is -2.43. The Balaban J connectivity index is 1.41. The fourth-order valence-electron chi connectivity index (χ4n) is 4.90. The first-order valence-corrected chi connectivity index (χ1v) is 15.3. The molecule has 4 heterocycles. The fraction of sp³-hybridized carbons (Fsp3) is 0.577. The molecule has 3 fully saturated rings. The molecule has 0 bridgehead atoms. The maximum atomic E-state index is 14.3. The standard InChI is InChI=1S/C26H29ClF2N8OS2/c1-14(2)23(38)36-9-8-35(12-17(36)20(28)29)16-10-15(40-34-25(3)4-5-25)11-37-18(16)19(27)31-21(37)22-32-33-24(39-22)26(13-30)6-7-26/h10-11,14,17,20,34H,4-9,12H2,1-3H3. The Morgan fingerprint density at radius 2 is 2.02 bits per heavy atom. The van der Waals surface area contributed by atoms with E-state index >= 15 is 0 Å². The van der Waals surface area contributed by atoms with Gasteiger partial charge in [-0.15, -0.1) is 10.2 Å². The average molecular weight is 607 g/mol. The molecule has 1 N–H and O–H groups in total. The van der Waals surface area contributed by atoms with Crippen molar-refractivity contribution < 1.29 is 13.6 Å². The summed E-state index contributed by atoms with van der Waals surface area (Å²) in [6.45, 7) is 6.13. The first-order chi connectivity index (χ1) is 19.0. The number of hydrogen-bond acceptors (Lipinski definition) is 9. The lowest BCUT2D eigenvalue weighted by Crippen LogP contribution is -2.59. The molecule has 14 heteroatoms. The number of aromatic nitrogens is 4. The molecular formula is C26H29ClF2N8OS2. The van der Waals surface area contributed by atoms with Gasteiger partial charge in [-0.2, -0.15) is 5.26 Å². The average Bonchev–Trinajstić information content (AvgIpc) is 3.81. The topological polar surface area (TPSA) is 102 Å². The predicted octanol–water partition coefficient (Wildman–Crippen LogP) is 5.15. The number of carbonyl (C=O) groups is 1. The maximum Gasteiger partial charge on any atom is 0.260 e. The quantitative estimate of drug-likeness (QED) is 0.351. The number of nitriles is 1. The van der Waals surface area contributed by atoms with Crippen molar-refractivity contribution >= 4 is 52.0 Å². The summed E-state index contributed by atoms with van der Waals surface area (Å²) in [5, 5.41) is 19.7. The van der Waals surface area contributed by atoms with E-state index in [9.17, 15) is 18.8 Å². The van der Waals surface area contributed by atoms with Crippen LogP contribution in [-0.4, -0.2) is 68.0 Å². The van der Waals surface area contributed by atoms with Gasteiger partial charge >= 0.3 is 0 Å². The van der Waals surface area contributed by atoms with E-state index in [1.807, 2.05) is 21.6 Å². The van der Waals surface area contributed by atoms with Crippen molar-refractivity contribution in [2.45, 2.75) is 74.8 Å². The van der Waals surface area contributed by atoms with Crippen LogP contribution in [-0.2, 0) is 10.2 Å². The van der Waals surface area contributed by atoms with Crippen molar-refractivity contribution in [3.8, 4) is 16.9 Å². The summed E-state index contributed by atoms with van der Waals surface area (Å²) >= 11 is 9.54. The molecule has 212 valence electrons. The van der Waals surface area contributed by atoms with Gasteiger partial charge in [0.15, 0.2) is 16.0 Å². The molecule has 6 rings (SSSR count). The number of piperazine rings is 1. The molecule has 3 aromatic heterocycles. The van der Waals surface area contributed by atoms with Crippen molar-refractivity contribution in [3.05, 3.63) is 22.4 Å². The van der Waals surface area contributed by atoms with Crippen LogP contribution in [0.25, 0.3) is 16.3 Å². The Hall–Kier alpha value is -2.53. The second-order valence-electron chi connectivity index (χ2n) is 11.4. The molecule has 2 aliphatic carbocycles. The Kier molecular flexibility index (Phi) is 6.96. The van der Waals surface area contributed by atoms with Crippen LogP contribution >= 0.6 is 34.9 Å². The molecule has 3 aromatic rings. The summed E-state index contributed by atoms with van der Waals surface area (Å²) in [4.78, 5) is 21.4. The summed E-state index contributed by atoms with van der Waals surface area (Å²) in [5.74, 6) is -0.157. The van der Waals surface area contributed by atoms with Gasteiger partial charge in [-0.25, -0.2) is 13.8 Å². The van der Waals surface area contributed by atoms with Crippen molar-refractivity contribution in [1.29, 1.82) is 5.26 Å². The number of halogens is 3. The lowest BCUT2D eigenvalue weighted by atomic mass is 10.1. The first kappa shape index (κ1) is 27.6. The minimum Gasteiger partial charge on any atom is -0.366 e. The van der Waals surface area contributed by atoms with E-state index in [2.05, 4.69) is 32.9 Å². The minimum absolute atomic E-state index is 0.0322. The maximum absolute atomic E-state index is 14.3. The summed E-state index contributed by atoms with van der Waals surface area (Å²) in [6.07, 6.45) is 2.89. The highest BCUT2D eigenvalue weighted by atomic mass is 35.5. The molecule has 0 aromatic carbocycles. The van der Waals surface area contributed by atoms with Gasteiger partial charge in [0.25, 0.3) is 6.43 Å². The van der Waals surface area contributed by atoms with Crippen LogP contribution in [0.15, 0.2) is 17.2 Å². The molecular weight excluding hydrogens is 578 g/mol. The lowest BCUT2D eigenvalue weighted by molar-refractivity contribution is -0.141. The van der Waals surface area contributed by atoms with E-state index in [-0.39, 0.29) is 35.6 Å². The zero-order chi connectivity index (χ0) is 28.4. The number of imidazole rings is 1. The zero-order valence-corrected chi connectivity index (χ0v) is 24.7.